The number of nitrogens with zero attached hydrogens (tertiary/aromatic N) is 5. The summed E-state index contributed by atoms with van der Waals surface area (Å²) in [7, 11) is 1.69. The van der Waals surface area contributed by atoms with Gasteiger partial charge in [-0.15, -0.1) is 0 Å². The molecule has 27 heavy (non-hydrogen) atoms. The average Bonchev–Trinajstić information content (AvgIpc) is 3.21. The van der Waals surface area contributed by atoms with E-state index in [0.717, 1.165) is 11.3 Å². The van der Waals surface area contributed by atoms with Crippen molar-refractivity contribution in [3.05, 3.63) is 81.9 Å². The third-order valence-electron chi connectivity index (χ3n) is 4.69. The standard InChI is InChI=1S/C19H19N5O3/c1-13-17(5-4-6-18(13)24(26)27)19(25)22(3)14(2)15-7-9-16(10-8-15)23-12-20-11-21-23/h4-12,14H,1-3H3. The first-order valence-electron chi connectivity index (χ1n) is 8.36. The molecule has 0 fully saturated rings. The summed E-state index contributed by atoms with van der Waals surface area (Å²) in [4.78, 5) is 29.0. The summed E-state index contributed by atoms with van der Waals surface area (Å²) in [6.07, 6.45) is 3.07. The highest BCUT2D eigenvalue weighted by molar-refractivity contribution is 5.96. The van der Waals surface area contributed by atoms with Crippen molar-refractivity contribution in [2.75, 3.05) is 7.05 Å². The smallest absolute Gasteiger partial charge is 0.273 e. The van der Waals surface area contributed by atoms with Crippen LogP contribution in [0.2, 0.25) is 0 Å². The van der Waals surface area contributed by atoms with Crippen LogP contribution in [0.4, 0.5) is 5.69 Å². The molecule has 0 N–H and O–H groups in total. The monoisotopic (exact) mass is 365 g/mol. The van der Waals surface area contributed by atoms with Crippen LogP contribution in [0.5, 0.6) is 0 Å². The molecule has 0 saturated carbocycles. The fraction of sp³-hybridized carbons (Fsp3) is 0.211. The molecule has 0 aliphatic carbocycles. The van der Waals surface area contributed by atoms with Gasteiger partial charge in [-0.05, 0) is 37.6 Å². The van der Waals surface area contributed by atoms with E-state index in [-0.39, 0.29) is 17.6 Å². The van der Waals surface area contributed by atoms with Gasteiger partial charge in [0.25, 0.3) is 11.6 Å². The highest BCUT2D eigenvalue weighted by Crippen LogP contribution is 2.26. The molecule has 3 rings (SSSR count). The summed E-state index contributed by atoms with van der Waals surface area (Å²) < 4.78 is 1.65. The number of nitro benzene ring substituents is 1. The molecule has 1 heterocycles. The number of hydrogen-bond donors (Lipinski definition) is 0. The molecule has 8 heteroatoms. The van der Waals surface area contributed by atoms with E-state index in [1.165, 1.54) is 18.5 Å². The summed E-state index contributed by atoms with van der Waals surface area (Å²) in [6, 6.07) is 12.0. The zero-order valence-corrected chi connectivity index (χ0v) is 15.2. The van der Waals surface area contributed by atoms with Crippen LogP contribution in [-0.4, -0.2) is 37.5 Å². The summed E-state index contributed by atoms with van der Waals surface area (Å²) in [5.74, 6) is -0.260. The lowest BCUT2D eigenvalue weighted by atomic mass is 10.0. The van der Waals surface area contributed by atoms with Crippen LogP contribution in [0.15, 0.2) is 55.1 Å². The predicted molar refractivity (Wildman–Crippen MR) is 99.7 cm³/mol. The first-order chi connectivity index (χ1) is 12.9. The van der Waals surface area contributed by atoms with Gasteiger partial charge in [-0.1, -0.05) is 18.2 Å². The molecular formula is C19H19N5O3. The van der Waals surface area contributed by atoms with Gasteiger partial charge in [-0.25, -0.2) is 9.67 Å². The van der Waals surface area contributed by atoms with Crippen LogP contribution in [0, 0.1) is 17.0 Å². The van der Waals surface area contributed by atoms with Crippen LogP contribution in [0.1, 0.15) is 34.5 Å². The molecule has 0 spiro atoms. The lowest BCUT2D eigenvalue weighted by molar-refractivity contribution is -0.385. The van der Waals surface area contributed by atoms with Gasteiger partial charge in [-0.2, -0.15) is 5.10 Å². The van der Waals surface area contributed by atoms with Crippen molar-refractivity contribution in [2.45, 2.75) is 19.9 Å². The molecule has 1 aromatic heterocycles. The van der Waals surface area contributed by atoms with Crippen molar-refractivity contribution in [3.8, 4) is 5.69 Å². The van der Waals surface area contributed by atoms with E-state index in [1.807, 2.05) is 31.2 Å². The molecule has 1 unspecified atom stereocenters. The van der Waals surface area contributed by atoms with Crippen molar-refractivity contribution in [1.29, 1.82) is 0 Å². The van der Waals surface area contributed by atoms with E-state index >= 15 is 0 Å². The number of rotatable bonds is 5. The molecule has 0 radical (unpaired) electrons. The minimum absolute atomic E-state index is 0.0564. The zero-order chi connectivity index (χ0) is 19.6. The lowest BCUT2D eigenvalue weighted by Crippen LogP contribution is -2.30. The Bertz CT molecular complexity index is 968. The molecule has 138 valence electrons. The second-order valence-corrected chi connectivity index (χ2v) is 6.23. The van der Waals surface area contributed by atoms with Crippen LogP contribution in [0.25, 0.3) is 5.69 Å². The number of carbonyl (C=O) groups excluding carboxylic acids is 1. The number of nitro groups is 1. The van der Waals surface area contributed by atoms with Gasteiger partial charge in [0.05, 0.1) is 16.7 Å². The molecule has 0 aliphatic rings. The Kier molecular flexibility index (Phi) is 4.98. The molecule has 1 amide bonds. The quantitative estimate of drug-likeness (QED) is 0.511. The largest absolute Gasteiger partial charge is 0.335 e. The van der Waals surface area contributed by atoms with Gasteiger partial charge in [-0.3, -0.25) is 14.9 Å². The van der Waals surface area contributed by atoms with Gasteiger partial charge in [0.1, 0.15) is 12.7 Å². The van der Waals surface area contributed by atoms with E-state index in [2.05, 4.69) is 10.1 Å². The molecule has 0 aliphatic heterocycles. The van der Waals surface area contributed by atoms with Crippen LogP contribution < -0.4 is 0 Å². The number of hydrogen-bond acceptors (Lipinski definition) is 5. The van der Waals surface area contributed by atoms with Gasteiger partial charge in [0.15, 0.2) is 0 Å². The Balaban J connectivity index is 1.83. The van der Waals surface area contributed by atoms with Gasteiger partial charge in [0.2, 0.25) is 0 Å². The summed E-state index contributed by atoms with van der Waals surface area (Å²) >= 11 is 0. The highest BCUT2D eigenvalue weighted by atomic mass is 16.6. The first-order valence-corrected chi connectivity index (χ1v) is 8.36. The molecule has 8 nitrogen and oxygen atoms in total. The predicted octanol–water partition coefficient (Wildman–Crippen LogP) is 3.32. The van der Waals surface area contributed by atoms with E-state index in [0.29, 0.717) is 11.1 Å². The number of amides is 1. The Morgan fingerprint density at radius 2 is 1.93 bits per heavy atom. The molecule has 2 aromatic carbocycles. The van der Waals surface area contributed by atoms with E-state index in [9.17, 15) is 14.9 Å². The SMILES string of the molecule is Cc1c(C(=O)N(C)C(C)c2ccc(-n3cncn3)cc2)cccc1[N+](=O)[O-]. The minimum atomic E-state index is -0.474. The molecular weight excluding hydrogens is 346 g/mol. The third kappa shape index (κ3) is 3.55. The van der Waals surface area contributed by atoms with Crippen molar-refractivity contribution in [3.63, 3.8) is 0 Å². The summed E-state index contributed by atoms with van der Waals surface area (Å²) in [5.41, 5.74) is 2.45. The maximum absolute atomic E-state index is 12.9. The topological polar surface area (TPSA) is 94.2 Å². The molecule has 0 bridgehead atoms. The third-order valence-corrected chi connectivity index (χ3v) is 4.69. The Labute approximate surface area is 156 Å². The lowest BCUT2D eigenvalue weighted by Gasteiger charge is -2.26. The average molecular weight is 365 g/mol. The molecule has 3 aromatic rings. The van der Waals surface area contributed by atoms with Crippen molar-refractivity contribution >= 4 is 11.6 Å². The second kappa shape index (κ2) is 7.36. The van der Waals surface area contributed by atoms with Crippen molar-refractivity contribution < 1.29 is 9.72 Å². The van der Waals surface area contributed by atoms with E-state index in [1.54, 1.807) is 35.9 Å². The number of benzene rings is 2. The van der Waals surface area contributed by atoms with E-state index < -0.39 is 4.92 Å². The van der Waals surface area contributed by atoms with Crippen LogP contribution in [0.3, 0.4) is 0 Å². The fourth-order valence-electron chi connectivity index (χ4n) is 2.89. The van der Waals surface area contributed by atoms with E-state index in [4.69, 9.17) is 0 Å². The van der Waals surface area contributed by atoms with Gasteiger partial charge in [0, 0.05) is 24.2 Å². The Morgan fingerprint density at radius 3 is 2.52 bits per heavy atom. The second-order valence-electron chi connectivity index (χ2n) is 6.23. The maximum atomic E-state index is 12.9. The fourth-order valence-corrected chi connectivity index (χ4v) is 2.89. The Morgan fingerprint density at radius 1 is 1.22 bits per heavy atom. The first kappa shape index (κ1) is 18.2. The highest BCUT2D eigenvalue weighted by Gasteiger charge is 2.23. The molecule has 0 saturated heterocycles. The van der Waals surface area contributed by atoms with Gasteiger partial charge < -0.3 is 4.90 Å². The normalized spacial score (nSPS) is 11.8. The van der Waals surface area contributed by atoms with Crippen molar-refractivity contribution in [2.24, 2.45) is 0 Å². The van der Waals surface area contributed by atoms with Crippen molar-refractivity contribution in [1.82, 2.24) is 19.7 Å². The number of carbonyl (C=O) groups is 1. The summed E-state index contributed by atoms with van der Waals surface area (Å²) in [5, 5.41) is 15.2. The maximum Gasteiger partial charge on any atom is 0.273 e. The zero-order valence-electron chi connectivity index (χ0n) is 15.2. The Hall–Kier alpha value is -3.55. The number of aromatic nitrogens is 3. The van der Waals surface area contributed by atoms with Gasteiger partial charge >= 0.3 is 0 Å². The molecule has 1 atom stereocenters. The summed E-state index contributed by atoms with van der Waals surface area (Å²) in [6.45, 7) is 3.51. The van der Waals surface area contributed by atoms with Crippen LogP contribution >= 0.6 is 0 Å². The van der Waals surface area contributed by atoms with Crippen LogP contribution in [-0.2, 0) is 0 Å². The minimum Gasteiger partial charge on any atom is -0.335 e.